The van der Waals surface area contributed by atoms with Gasteiger partial charge in [0.25, 0.3) is 5.91 Å². The highest BCUT2D eigenvalue weighted by Gasteiger charge is 2.16. The van der Waals surface area contributed by atoms with Crippen LogP contribution in [0.5, 0.6) is 0 Å². The lowest BCUT2D eigenvalue weighted by atomic mass is 9.98. The van der Waals surface area contributed by atoms with Crippen LogP contribution in [0.2, 0.25) is 0 Å². The fourth-order valence-electron chi connectivity index (χ4n) is 1.89. The molecule has 0 unspecified atom stereocenters. The summed E-state index contributed by atoms with van der Waals surface area (Å²) in [7, 11) is 0. The monoisotopic (exact) mass is 260 g/mol. The molecule has 1 amide bonds. The maximum absolute atomic E-state index is 11.4. The Morgan fingerprint density at radius 2 is 1.83 bits per heavy atom. The largest absolute Gasteiger partial charge is 0.390 e. The molecule has 4 heteroatoms. The maximum Gasteiger partial charge on any atom is 0.252 e. The minimum Gasteiger partial charge on any atom is -0.390 e. The van der Waals surface area contributed by atoms with Crippen LogP contribution < -0.4 is 11.5 Å². The van der Waals surface area contributed by atoms with Crippen LogP contribution in [0.15, 0.2) is 29.6 Å². The Kier molecular flexibility index (Phi) is 3.39. The zero-order chi connectivity index (χ0) is 13.3. The zero-order valence-electron chi connectivity index (χ0n) is 10.4. The number of benzene rings is 1. The average molecular weight is 260 g/mol. The van der Waals surface area contributed by atoms with Gasteiger partial charge in [-0.25, -0.2) is 0 Å². The zero-order valence-corrected chi connectivity index (χ0v) is 11.3. The summed E-state index contributed by atoms with van der Waals surface area (Å²) in [4.78, 5) is 11.4. The molecule has 4 N–H and O–H groups in total. The van der Waals surface area contributed by atoms with Crippen molar-refractivity contribution in [1.82, 2.24) is 0 Å². The molecular weight excluding hydrogens is 244 g/mol. The van der Waals surface area contributed by atoms with Crippen molar-refractivity contribution in [3.63, 3.8) is 0 Å². The second-order valence-corrected chi connectivity index (χ2v) is 5.44. The molecule has 94 valence electrons. The Labute approximate surface area is 110 Å². The van der Waals surface area contributed by atoms with Crippen molar-refractivity contribution < 1.29 is 4.79 Å². The third-order valence-electron chi connectivity index (χ3n) is 2.95. The highest BCUT2D eigenvalue weighted by atomic mass is 32.1. The topological polar surface area (TPSA) is 69.1 Å². The first-order valence-corrected chi connectivity index (χ1v) is 6.65. The normalized spacial score (nSPS) is 10.8. The molecule has 0 saturated heterocycles. The number of hydrogen-bond donors (Lipinski definition) is 2. The molecule has 0 aliphatic rings. The second-order valence-electron chi connectivity index (χ2n) is 4.53. The fraction of sp³-hybridized carbons (Fsp3) is 0.214. The second kappa shape index (κ2) is 4.82. The molecule has 2 rings (SSSR count). The van der Waals surface area contributed by atoms with E-state index in [4.69, 9.17) is 11.5 Å². The number of carbonyl (C=O) groups is 1. The van der Waals surface area contributed by atoms with Gasteiger partial charge >= 0.3 is 0 Å². The van der Waals surface area contributed by atoms with Crippen LogP contribution >= 0.6 is 11.3 Å². The van der Waals surface area contributed by atoms with Gasteiger partial charge in [-0.15, -0.1) is 11.3 Å². The van der Waals surface area contributed by atoms with E-state index in [1.807, 2.05) is 17.5 Å². The number of anilines is 1. The molecule has 0 fully saturated rings. The number of primary amides is 1. The molecule has 0 aliphatic heterocycles. The van der Waals surface area contributed by atoms with E-state index >= 15 is 0 Å². The van der Waals surface area contributed by atoms with Crippen molar-refractivity contribution in [3.8, 4) is 11.1 Å². The highest BCUT2D eigenvalue weighted by molar-refractivity contribution is 7.15. The van der Waals surface area contributed by atoms with Crippen LogP contribution in [-0.2, 0) is 0 Å². The molecule has 0 aliphatic carbocycles. The van der Waals surface area contributed by atoms with Gasteiger partial charge < -0.3 is 11.5 Å². The third-order valence-corrected chi connectivity index (χ3v) is 3.77. The van der Waals surface area contributed by atoms with E-state index in [2.05, 4.69) is 26.0 Å². The van der Waals surface area contributed by atoms with Gasteiger partial charge in [-0.2, -0.15) is 0 Å². The van der Waals surface area contributed by atoms with E-state index < -0.39 is 5.91 Å². The van der Waals surface area contributed by atoms with Gasteiger partial charge in [0.05, 0.1) is 10.6 Å². The number of nitrogens with two attached hydrogens (primary N) is 2. The molecule has 3 nitrogen and oxygen atoms in total. The summed E-state index contributed by atoms with van der Waals surface area (Å²) in [5.74, 6) is 0.0129. The summed E-state index contributed by atoms with van der Waals surface area (Å²) < 4.78 is 0. The Hall–Kier alpha value is -1.81. The van der Waals surface area contributed by atoms with Crippen LogP contribution in [0.4, 0.5) is 5.00 Å². The van der Waals surface area contributed by atoms with Crippen LogP contribution in [0, 0.1) is 0 Å². The van der Waals surface area contributed by atoms with Gasteiger partial charge in [0.1, 0.15) is 0 Å². The summed E-state index contributed by atoms with van der Waals surface area (Å²) in [5.41, 5.74) is 14.6. The third kappa shape index (κ3) is 2.24. The highest BCUT2D eigenvalue weighted by Crippen LogP contribution is 2.33. The first-order valence-electron chi connectivity index (χ1n) is 5.77. The Morgan fingerprint density at radius 3 is 2.33 bits per heavy atom. The maximum atomic E-state index is 11.4. The van der Waals surface area contributed by atoms with Crippen molar-refractivity contribution in [2.24, 2.45) is 5.73 Å². The predicted octanol–water partition coefficient (Wildman–Crippen LogP) is 3.22. The number of thiophene rings is 1. The smallest absolute Gasteiger partial charge is 0.252 e. The molecule has 2 aromatic rings. The number of carbonyl (C=O) groups excluding carboxylic acids is 1. The molecule has 0 atom stereocenters. The summed E-state index contributed by atoms with van der Waals surface area (Å²) >= 11 is 1.34. The minimum absolute atomic E-state index is 0.428. The van der Waals surface area contributed by atoms with Crippen LogP contribution in [0.25, 0.3) is 11.1 Å². The summed E-state index contributed by atoms with van der Waals surface area (Å²) in [5, 5.41) is 2.35. The average Bonchev–Trinajstić information content (AvgIpc) is 2.71. The van der Waals surface area contributed by atoms with E-state index in [0.29, 0.717) is 16.5 Å². The molecule has 1 aromatic carbocycles. The summed E-state index contributed by atoms with van der Waals surface area (Å²) in [6.07, 6.45) is 0. The van der Waals surface area contributed by atoms with Gasteiger partial charge in [-0.3, -0.25) is 4.79 Å². The molecule has 0 saturated carbocycles. The fourth-order valence-corrected chi connectivity index (χ4v) is 2.71. The van der Waals surface area contributed by atoms with E-state index in [1.165, 1.54) is 16.9 Å². The quantitative estimate of drug-likeness (QED) is 0.889. The van der Waals surface area contributed by atoms with E-state index in [1.54, 1.807) is 0 Å². The molecule has 1 heterocycles. The standard InChI is InChI=1S/C14H16N2OS/c1-8(2)9-3-5-10(6-4-9)11-7-18-14(16)12(11)13(15)17/h3-8H,16H2,1-2H3,(H2,15,17). The lowest BCUT2D eigenvalue weighted by Gasteiger charge is -2.07. The Morgan fingerprint density at radius 1 is 1.22 bits per heavy atom. The summed E-state index contributed by atoms with van der Waals surface area (Å²) in [6, 6.07) is 8.14. The lowest BCUT2D eigenvalue weighted by molar-refractivity contribution is 0.100. The number of rotatable bonds is 3. The van der Waals surface area contributed by atoms with Crippen LogP contribution in [-0.4, -0.2) is 5.91 Å². The first kappa shape index (κ1) is 12.6. The van der Waals surface area contributed by atoms with E-state index in [0.717, 1.165) is 11.1 Å². The molecule has 18 heavy (non-hydrogen) atoms. The minimum atomic E-state index is -0.475. The first-order chi connectivity index (χ1) is 8.50. The van der Waals surface area contributed by atoms with Gasteiger partial charge in [0, 0.05) is 10.9 Å². The summed E-state index contributed by atoms with van der Waals surface area (Å²) in [6.45, 7) is 4.29. The molecular formula is C14H16N2OS. The predicted molar refractivity (Wildman–Crippen MR) is 76.8 cm³/mol. The van der Waals surface area contributed by atoms with Crippen molar-refractivity contribution in [1.29, 1.82) is 0 Å². The lowest BCUT2D eigenvalue weighted by Crippen LogP contribution is -2.12. The molecule has 0 spiro atoms. The number of hydrogen-bond acceptors (Lipinski definition) is 3. The van der Waals surface area contributed by atoms with E-state index in [9.17, 15) is 4.79 Å². The van der Waals surface area contributed by atoms with E-state index in [-0.39, 0.29) is 0 Å². The molecule has 0 radical (unpaired) electrons. The van der Waals surface area contributed by atoms with Gasteiger partial charge in [-0.05, 0) is 17.0 Å². The molecule has 0 bridgehead atoms. The van der Waals surface area contributed by atoms with Crippen LogP contribution in [0.1, 0.15) is 35.7 Å². The number of amides is 1. The van der Waals surface area contributed by atoms with Crippen LogP contribution in [0.3, 0.4) is 0 Å². The van der Waals surface area contributed by atoms with Crippen molar-refractivity contribution in [2.45, 2.75) is 19.8 Å². The van der Waals surface area contributed by atoms with Crippen molar-refractivity contribution in [3.05, 3.63) is 40.8 Å². The van der Waals surface area contributed by atoms with Gasteiger partial charge in [0.15, 0.2) is 0 Å². The van der Waals surface area contributed by atoms with Gasteiger partial charge in [0.2, 0.25) is 0 Å². The number of nitrogen functional groups attached to an aromatic ring is 1. The van der Waals surface area contributed by atoms with Crippen molar-refractivity contribution in [2.75, 3.05) is 5.73 Å². The van der Waals surface area contributed by atoms with Gasteiger partial charge in [-0.1, -0.05) is 38.1 Å². The molecule has 1 aromatic heterocycles. The Balaban J connectivity index is 2.46. The Bertz CT molecular complexity index is 570. The SMILES string of the molecule is CC(C)c1ccc(-c2csc(N)c2C(N)=O)cc1. The van der Waals surface area contributed by atoms with Crippen molar-refractivity contribution >= 4 is 22.2 Å².